The second-order valence-corrected chi connectivity index (χ2v) is 10.8. The lowest BCUT2D eigenvalue weighted by Crippen LogP contribution is -2.27. The number of carbonyl (C=O) groups is 1. The minimum absolute atomic E-state index is 0.213. The Morgan fingerprint density at radius 1 is 0.581 bits per heavy atom. The zero-order valence-corrected chi connectivity index (χ0v) is 27.7. The van der Waals surface area contributed by atoms with E-state index in [0.717, 1.165) is 70.6 Å². The van der Waals surface area contributed by atoms with Crippen molar-refractivity contribution in [1.82, 2.24) is 0 Å². The van der Waals surface area contributed by atoms with Gasteiger partial charge < -0.3 is 14.6 Å². The van der Waals surface area contributed by atoms with Gasteiger partial charge in [-0.05, 0) is 77.0 Å². The number of esters is 1. The molecule has 1 N–H and O–H groups in total. The van der Waals surface area contributed by atoms with Crippen molar-refractivity contribution < 1.29 is 19.4 Å². The maximum atomic E-state index is 12.1. The van der Waals surface area contributed by atoms with Gasteiger partial charge >= 0.3 is 5.97 Å². The van der Waals surface area contributed by atoms with E-state index >= 15 is 0 Å². The van der Waals surface area contributed by atoms with E-state index in [-0.39, 0.29) is 19.2 Å². The number of rotatable bonds is 30. The Morgan fingerprint density at radius 3 is 1.58 bits per heavy atom. The Morgan fingerprint density at radius 2 is 1.05 bits per heavy atom. The third kappa shape index (κ3) is 33.9. The molecule has 0 aliphatic rings. The van der Waals surface area contributed by atoms with Gasteiger partial charge in [0.05, 0.1) is 19.8 Å². The van der Waals surface area contributed by atoms with E-state index in [2.05, 4.69) is 98.9 Å². The molecule has 0 amide bonds. The third-order valence-electron chi connectivity index (χ3n) is 6.72. The molecule has 244 valence electrons. The maximum Gasteiger partial charge on any atom is 0.306 e. The fourth-order valence-electron chi connectivity index (χ4n) is 4.18. The summed E-state index contributed by atoms with van der Waals surface area (Å²) in [4.78, 5) is 12.1. The fourth-order valence-corrected chi connectivity index (χ4v) is 4.18. The number of hydrogen-bond acceptors (Lipinski definition) is 4. The molecular formula is C39H64O4. The van der Waals surface area contributed by atoms with Crippen LogP contribution in [-0.4, -0.2) is 37.0 Å². The zero-order chi connectivity index (χ0) is 31.3. The van der Waals surface area contributed by atoms with Gasteiger partial charge in [0.1, 0.15) is 6.10 Å². The Balaban J connectivity index is 3.65. The van der Waals surface area contributed by atoms with Gasteiger partial charge in [0.2, 0.25) is 0 Å². The molecule has 0 rings (SSSR count). The van der Waals surface area contributed by atoms with Crippen LogP contribution in [0.1, 0.15) is 129 Å². The summed E-state index contributed by atoms with van der Waals surface area (Å²) in [6.07, 6.45) is 49.2. The van der Waals surface area contributed by atoms with Gasteiger partial charge in [-0.15, -0.1) is 0 Å². The van der Waals surface area contributed by atoms with Crippen LogP contribution in [0.3, 0.4) is 0 Å². The SMILES string of the molecule is CC/C=C\C/C=C\C/C=C\C/C=C\C/C=C\CCOCC(CO)OC(=O)CCCCCCC/C=C\C/C=C\CCCCC. The molecule has 1 unspecified atom stereocenters. The second-order valence-electron chi connectivity index (χ2n) is 10.8. The Bertz CT molecular complexity index is 800. The fraction of sp³-hybridized carbons (Fsp3) is 0.615. The topological polar surface area (TPSA) is 55.8 Å². The molecule has 1 atom stereocenters. The van der Waals surface area contributed by atoms with Crippen LogP contribution in [-0.2, 0) is 14.3 Å². The van der Waals surface area contributed by atoms with Crippen LogP contribution >= 0.6 is 0 Å². The predicted molar refractivity (Wildman–Crippen MR) is 186 cm³/mol. The van der Waals surface area contributed by atoms with Gasteiger partial charge in [0, 0.05) is 6.42 Å². The zero-order valence-electron chi connectivity index (χ0n) is 27.7. The van der Waals surface area contributed by atoms with Crippen molar-refractivity contribution in [2.75, 3.05) is 19.8 Å². The van der Waals surface area contributed by atoms with Crippen LogP contribution in [0.2, 0.25) is 0 Å². The molecule has 0 aromatic rings. The van der Waals surface area contributed by atoms with E-state index < -0.39 is 6.10 Å². The molecule has 0 fully saturated rings. The number of aliphatic hydroxyl groups excluding tert-OH is 1. The van der Waals surface area contributed by atoms with Crippen molar-refractivity contribution in [3.8, 4) is 0 Å². The standard InChI is InChI=1S/C39H64O4/c1-3-5-7-9-11-13-15-17-19-21-23-25-27-29-31-33-35-42-37-38(36-40)43-39(41)34-32-30-28-26-24-22-20-18-16-14-12-10-8-6-4-2/h5,7,11-14,17-20,23,25,29,31,38,40H,3-4,6,8-10,15-16,21-22,24,26-28,30,32-37H2,1-2H3/b7-5-,13-11-,14-12-,19-17-,20-18-,25-23-,31-29-. The Hall–Kier alpha value is -2.43. The van der Waals surface area contributed by atoms with E-state index in [4.69, 9.17) is 9.47 Å². The molecule has 0 aliphatic heterocycles. The number of hydrogen-bond donors (Lipinski definition) is 1. The van der Waals surface area contributed by atoms with Gasteiger partial charge in [-0.3, -0.25) is 4.79 Å². The van der Waals surface area contributed by atoms with E-state index in [1.165, 1.54) is 38.5 Å². The largest absolute Gasteiger partial charge is 0.457 e. The van der Waals surface area contributed by atoms with Crippen molar-refractivity contribution in [2.45, 2.75) is 136 Å². The van der Waals surface area contributed by atoms with Crippen LogP contribution in [0.4, 0.5) is 0 Å². The van der Waals surface area contributed by atoms with E-state index in [1.807, 2.05) is 0 Å². The van der Waals surface area contributed by atoms with Crippen molar-refractivity contribution in [3.63, 3.8) is 0 Å². The van der Waals surface area contributed by atoms with E-state index in [0.29, 0.717) is 13.0 Å². The van der Waals surface area contributed by atoms with Gasteiger partial charge in [-0.2, -0.15) is 0 Å². The Labute approximate surface area is 265 Å². The summed E-state index contributed by atoms with van der Waals surface area (Å²) in [7, 11) is 0. The summed E-state index contributed by atoms with van der Waals surface area (Å²) in [5.41, 5.74) is 0. The number of ether oxygens (including phenoxy) is 2. The highest BCUT2D eigenvalue weighted by Gasteiger charge is 2.13. The molecule has 0 radical (unpaired) electrons. The summed E-state index contributed by atoms with van der Waals surface area (Å²) in [6, 6.07) is 0. The molecule has 0 spiro atoms. The highest BCUT2D eigenvalue weighted by Crippen LogP contribution is 2.09. The molecule has 4 nitrogen and oxygen atoms in total. The minimum atomic E-state index is -0.584. The van der Waals surface area contributed by atoms with Crippen molar-refractivity contribution in [3.05, 3.63) is 85.1 Å². The van der Waals surface area contributed by atoms with Crippen molar-refractivity contribution in [1.29, 1.82) is 0 Å². The van der Waals surface area contributed by atoms with Gasteiger partial charge in [0.15, 0.2) is 0 Å². The summed E-state index contributed by atoms with van der Waals surface area (Å²) in [5, 5.41) is 9.52. The minimum Gasteiger partial charge on any atom is -0.457 e. The highest BCUT2D eigenvalue weighted by molar-refractivity contribution is 5.69. The first kappa shape index (κ1) is 40.6. The molecule has 0 heterocycles. The Kier molecular flexibility index (Phi) is 33.7. The van der Waals surface area contributed by atoms with Crippen LogP contribution in [0.25, 0.3) is 0 Å². The third-order valence-corrected chi connectivity index (χ3v) is 6.72. The average molecular weight is 597 g/mol. The summed E-state index contributed by atoms with van der Waals surface area (Å²) < 4.78 is 11.0. The molecule has 0 saturated carbocycles. The number of unbranched alkanes of at least 4 members (excludes halogenated alkanes) is 8. The number of allylic oxidation sites excluding steroid dienone is 13. The number of aliphatic hydroxyl groups is 1. The predicted octanol–water partition coefficient (Wildman–Crippen LogP) is 10.9. The van der Waals surface area contributed by atoms with Crippen LogP contribution in [0.15, 0.2) is 85.1 Å². The smallest absolute Gasteiger partial charge is 0.306 e. The lowest BCUT2D eigenvalue weighted by molar-refractivity contribution is -0.154. The van der Waals surface area contributed by atoms with Crippen LogP contribution < -0.4 is 0 Å². The van der Waals surface area contributed by atoms with Crippen LogP contribution in [0, 0.1) is 0 Å². The quantitative estimate of drug-likeness (QED) is 0.0509. The monoisotopic (exact) mass is 596 g/mol. The molecule has 0 aromatic heterocycles. The van der Waals surface area contributed by atoms with Gasteiger partial charge in [-0.25, -0.2) is 0 Å². The molecular weight excluding hydrogens is 532 g/mol. The van der Waals surface area contributed by atoms with Crippen molar-refractivity contribution >= 4 is 5.97 Å². The van der Waals surface area contributed by atoms with E-state index in [9.17, 15) is 9.90 Å². The molecule has 0 aliphatic carbocycles. The molecule has 4 heteroatoms. The van der Waals surface area contributed by atoms with Gasteiger partial charge in [-0.1, -0.05) is 131 Å². The lowest BCUT2D eigenvalue weighted by Gasteiger charge is -2.15. The first-order valence-electron chi connectivity index (χ1n) is 17.2. The summed E-state index contributed by atoms with van der Waals surface area (Å²) in [5.74, 6) is -0.244. The normalized spacial score (nSPS) is 13.5. The van der Waals surface area contributed by atoms with Gasteiger partial charge in [0.25, 0.3) is 0 Å². The molecule has 43 heavy (non-hydrogen) atoms. The first-order chi connectivity index (χ1) is 21.2. The first-order valence-corrected chi connectivity index (χ1v) is 17.2. The number of carbonyl (C=O) groups excluding carboxylic acids is 1. The second kappa shape index (κ2) is 35.8. The highest BCUT2D eigenvalue weighted by atomic mass is 16.6. The van der Waals surface area contributed by atoms with E-state index in [1.54, 1.807) is 0 Å². The lowest BCUT2D eigenvalue weighted by atomic mass is 10.1. The summed E-state index contributed by atoms with van der Waals surface area (Å²) in [6.45, 7) is 4.95. The molecule has 0 saturated heterocycles. The molecule has 0 aromatic carbocycles. The molecule has 0 bridgehead atoms. The van der Waals surface area contributed by atoms with Crippen LogP contribution in [0.5, 0.6) is 0 Å². The maximum absolute atomic E-state index is 12.1. The van der Waals surface area contributed by atoms with Crippen molar-refractivity contribution in [2.24, 2.45) is 0 Å². The average Bonchev–Trinajstić information content (AvgIpc) is 3.01. The summed E-state index contributed by atoms with van der Waals surface area (Å²) >= 11 is 0.